The van der Waals surface area contributed by atoms with E-state index in [0.717, 1.165) is 0 Å². The number of amides is 1. The largest absolute Gasteiger partial charge is 0.478 e. The van der Waals surface area contributed by atoms with Gasteiger partial charge in [-0.1, -0.05) is 18.2 Å². The summed E-state index contributed by atoms with van der Waals surface area (Å²) in [6.07, 6.45) is 9.76. The molecule has 1 aromatic heterocycles. The highest BCUT2D eigenvalue weighted by molar-refractivity contribution is 7.13. The van der Waals surface area contributed by atoms with E-state index in [-0.39, 0.29) is 36.7 Å². The smallest absolute Gasteiger partial charge is 0.331 e. The first kappa shape index (κ1) is 22.4. The van der Waals surface area contributed by atoms with E-state index < -0.39 is 28.6 Å². The number of hydrogen-bond acceptors (Lipinski definition) is 7. The summed E-state index contributed by atoms with van der Waals surface area (Å²) in [5.41, 5.74) is -2.85. The minimum Gasteiger partial charge on any atom is -0.478 e. The lowest BCUT2D eigenvalue weighted by atomic mass is 9.62. The predicted molar refractivity (Wildman–Crippen MR) is 118 cm³/mol. The zero-order valence-electron chi connectivity index (χ0n) is 18.0. The maximum absolute atomic E-state index is 13.2. The molecule has 170 valence electrons. The number of allylic oxidation sites excluding steroid dienone is 3. The van der Waals surface area contributed by atoms with E-state index in [1.807, 2.05) is 0 Å². The highest BCUT2D eigenvalue weighted by Gasteiger charge is 2.71. The number of hydrogen-bond donors (Lipinski definition) is 3. The van der Waals surface area contributed by atoms with E-state index in [1.54, 1.807) is 49.7 Å². The van der Waals surface area contributed by atoms with Gasteiger partial charge in [-0.2, -0.15) is 0 Å². The number of aliphatic carboxylic acids is 1. The number of thiazole rings is 1. The number of carbonyl (C=O) groups is 3. The van der Waals surface area contributed by atoms with Gasteiger partial charge in [-0.05, 0) is 52.0 Å². The first-order chi connectivity index (χ1) is 15.1. The number of ether oxygens (including phenoxy) is 1. The normalized spacial score (nSPS) is 34.5. The fraction of sp³-hybridized carbons (Fsp3) is 0.478. The molecule has 3 aliphatic rings. The first-order valence-electron chi connectivity index (χ1n) is 10.6. The van der Waals surface area contributed by atoms with Crippen LogP contribution >= 0.6 is 11.3 Å². The number of cyclic esters (lactones) is 1. The summed E-state index contributed by atoms with van der Waals surface area (Å²) >= 11 is 1.32. The Balaban J connectivity index is 1.56. The summed E-state index contributed by atoms with van der Waals surface area (Å²) in [5.74, 6) is -2.17. The molecule has 0 aromatic carbocycles. The first-order valence-corrected chi connectivity index (χ1v) is 11.4. The highest BCUT2D eigenvalue weighted by Crippen LogP contribution is 2.63. The molecular weight excluding hydrogens is 432 g/mol. The molecule has 1 amide bonds. The Hall–Kier alpha value is -2.78. The van der Waals surface area contributed by atoms with Crippen molar-refractivity contribution in [2.45, 2.75) is 57.2 Å². The number of rotatable bonds is 5. The number of nitrogens with one attached hydrogen (secondary N) is 1. The van der Waals surface area contributed by atoms with Gasteiger partial charge in [-0.3, -0.25) is 14.9 Å². The van der Waals surface area contributed by atoms with Gasteiger partial charge in [-0.25, -0.2) is 9.78 Å². The molecule has 2 bridgehead atoms. The van der Waals surface area contributed by atoms with Crippen LogP contribution < -0.4 is 5.32 Å². The summed E-state index contributed by atoms with van der Waals surface area (Å²) in [6, 6.07) is 0. The van der Waals surface area contributed by atoms with Crippen LogP contribution in [-0.4, -0.2) is 44.2 Å². The maximum atomic E-state index is 13.2. The Labute approximate surface area is 189 Å². The summed E-state index contributed by atoms with van der Waals surface area (Å²) in [4.78, 5) is 40.9. The predicted octanol–water partition coefficient (Wildman–Crippen LogP) is 3.22. The average molecular weight is 459 g/mol. The number of carboxylic acid groups (broad SMARTS) is 1. The van der Waals surface area contributed by atoms with Crippen molar-refractivity contribution in [3.8, 4) is 0 Å². The Morgan fingerprint density at radius 2 is 2.16 bits per heavy atom. The van der Waals surface area contributed by atoms with Gasteiger partial charge in [0.25, 0.3) is 5.91 Å². The molecule has 0 spiro atoms. The quantitative estimate of drug-likeness (QED) is 0.351. The van der Waals surface area contributed by atoms with Crippen LogP contribution in [0.25, 0.3) is 0 Å². The van der Waals surface area contributed by atoms with Crippen LogP contribution in [0.4, 0.5) is 5.13 Å². The van der Waals surface area contributed by atoms with Gasteiger partial charge >= 0.3 is 11.9 Å². The van der Waals surface area contributed by atoms with Crippen molar-refractivity contribution in [3.63, 3.8) is 0 Å². The molecule has 2 fully saturated rings. The van der Waals surface area contributed by atoms with E-state index >= 15 is 0 Å². The Morgan fingerprint density at radius 3 is 2.84 bits per heavy atom. The zero-order chi connectivity index (χ0) is 23.1. The molecule has 2 aliphatic carbocycles. The number of anilines is 1. The third-order valence-corrected chi connectivity index (χ3v) is 7.88. The van der Waals surface area contributed by atoms with Gasteiger partial charge in [0.1, 0.15) is 11.0 Å². The lowest BCUT2D eigenvalue weighted by molar-refractivity contribution is -0.224. The molecule has 4 rings (SSSR count). The molecule has 1 aliphatic heterocycles. The second-order valence-electron chi connectivity index (χ2n) is 8.91. The monoisotopic (exact) mass is 458 g/mol. The zero-order valence-corrected chi connectivity index (χ0v) is 18.8. The molecule has 0 radical (unpaired) electrons. The fourth-order valence-corrected chi connectivity index (χ4v) is 5.90. The average Bonchev–Trinajstić information content (AvgIpc) is 3.27. The summed E-state index contributed by atoms with van der Waals surface area (Å²) in [5, 5.41) is 26.1. The Morgan fingerprint density at radius 1 is 1.38 bits per heavy atom. The molecule has 32 heavy (non-hydrogen) atoms. The SMILES string of the molecule is C/C(=C\C=C\[C@@]1(C)OC(=O)[C@]23CC=C(C(=O)O)CC[C@]2(O)[C@H]1CC3)C(=O)Nc1nccs1. The molecule has 1 saturated carbocycles. The summed E-state index contributed by atoms with van der Waals surface area (Å²) in [7, 11) is 0. The highest BCUT2D eigenvalue weighted by atomic mass is 32.1. The number of nitrogens with zero attached hydrogens (tertiary/aromatic N) is 1. The molecular formula is C23H26N2O6S. The van der Waals surface area contributed by atoms with Crippen LogP contribution in [-0.2, 0) is 19.1 Å². The topological polar surface area (TPSA) is 126 Å². The van der Waals surface area contributed by atoms with Crippen LogP contribution in [0, 0.1) is 11.3 Å². The van der Waals surface area contributed by atoms with Crippen molar-refractivity contribution in [1.82, 2.24) is 4.98 Å². The van der Waals surface area contributed by atoms with E-state index in [0.29, 0.717) is 23.5 Å². The number of carboxylic acids is 1. The number of esters is 1. The van der Waals surface area contributed by atoms with Gasteiger partial charge in [0.2, 0.25) is 0 Å². The molecule has 1 aromatic rings. The lowest BCUT2D eigenvalue weighted by Gasteiger charge is -2.52. The lowest BCUT2D eigenvalue weighted by Crippen LogP contribution is -2.63. The van der Waals surface area contributed by atoms with Crippen LogP contribution in [0.3, 0.4) is 0 Å². The minimum atomic E-state index is -1.35. The molecule has 9 heteroatoms. The summed E-state index contributed by atoms with van der Waals surface area (Å²) < 4.78 is 5.86. The van der Waals surface area contributed by atoms with Gasteiger partial charge in [0.15, 0.2) is 5.13 Å². The standard InChI is InChI=1S/C23H26N2O6S/c1-14(17(26)25-20-24-12-13-32-20)4-3-8-21(2)16-7-10-22(19(29)31-21)9-5-15(18(27)28)6-11-23(16,22)30/h3-5,8,12-13,16,30H,6-7,9-11H2,1-2H3,(H,27,28)(H,24,25,26)/b8-3+,14-4+/t16-,21+,22+,23-/m0/s1. The molecule has 4 atom stereocenters. The molecule has 8 nitrogen and oxygen atoms in total. The third-order valence-electron chi connectivity index (χ3n) is 7.19. The van der Waals surface area contributed by atoms with Gasteiger partial charge in [0.05, 0.1) is 5.60 Å². The van der Waals surface area contributed by atoms with Crippen LogP contribution in [0.5, 0.6) is 0 Å². The fourth-order valence-electron chi connectivity index (χ4n) is 5.37. The number of aromatic nitrogens is 1. The van der Waals surface area contributed by atoms with E-state index in [2.05, 4.69) is 10.3 Å². The number of aliphatic hydroxyl groups is 1. The minimum absolute atomic E-state index is 0.163. The van der Waals surface area contributed by atoms with Gasteiger partial charge < -0.3 is 14.9 Å². The van der Waals surface area contributed by atoms with Crippen LogP contribution in [0.15, 0.2) is 47.0 Å². The van der Waals surface area contributed by atoms with Crippen molar-refractivity contribution in [2.75, 3.05) is 5.32 Å². The van der Waals surface area contributed by atoms with E-state index in [9.17, 15) is 24.6 Å². The number of carbonyl (C=O) groups excluding carboxylic acids is 2. The third kappa shape index (κ3) is 3.49. The van der Waals surface area contributed by atoms with Crippen LogP contribution in [0.2, 0.25) is 0 Å². The summed E-state index contributed by atoms with van der Waals surface area (Å²) in [6.45, 7) is 3.43. The van der Waals surface area contributed by atoms with E-state index in [1.165, 1.54) is 11.3 Å². The van der Waals surface area contributed by atoms with Crippen molar-refractivity contribution in [3.05, 3.63) is 47.0 Å². The molecule has 0 unspecified atom stereocenters. The van der Waals surface area contributed by atoms with Crippen LogP contribution in [0.1, 0.15) is 46.0 Å². The molecule has 2 heterocycles. The van der Waals surface area contributed by atoms with Crippen molar-refractivity contribution < 1.29 is 29.3 Å². The van der Waals surface area contributed by atoms with Crippen molar-refractivity contribution >= 4 is 34.3 Å². The molecule has 1 saturated heterocycles. The molecule has 3 N–H and O–H groups in total. The Bertz CT molecular complexity index is 1040. The van der Waals surface area contributed by atoms with Gasteiger partial charge in [-0.15, -0.1) is 11.3 Å². The van der Waals surface area contributed by atoms with Gasteiger partial charge in [0, 0.05) is 28.6 Å². The van der Waals surface area contributed by atoms with E-state index in [4.69, 9.17) is 4.74 Å². The van der Waals surface area contributed by atoms with Crippen molar-refractivity contribution in [2.24, 2.45) is 11.3 Å². The maximum Gasteiger partial charge on any atom is 0.331 e. The van der Waals surface area contributed by atoms with Crippen molar-refractivity contribution in [1.29, 1.82) is 0 Å². The Kier molecular flexibility index (Phi) is 5.58. The second-order valence-corrected chi connectivity index (χ2v) is 9.80. The second kappa shape index (κ2) is 7.97.